The van der Waals surface area contributed by atoms with Crippen LogP contribution in [0.1, 0.15) is 35.2 Å². The van der Waals surface area contributed by atoms with Crippen LogP contribution in [0, 0.1) is 23.2 Å². The van der Waals surface area contributed by atoms with E-state index in [1.807, 2.05) is 0 Å². The van der Waals surface area contributed by atoms with E-state index < -0.39 is 18.9 Å². The summed E-state index contributed by atoms with van der Waals surface area (Å²) in [5.41, 5.74) is 0.857. The number of alkyl halides is 3. The molecule has 0 saturated heterocycles. The Hall–Kier alpha value is -2.99. The van der Waals surface area contributed by atoms with Crippen molar-refractivity contribution in [3.63, 3.8) is 0 Å². The summed E-state index contributed by atoms with van der Waals surface area (Å²) in [5, 5.41) is 12.0. The Morgan fingerprint density at radius 1 is 1.28 bits per heavy atom. The highest BCUT2D eigenvalue weighted by molar-refractivity contribution is 6.07. The second kappa shape index (κ2) is 8.57. The van der Waals surface area contributed by atoms with Gasteiger partial charge in [0, 0.05) is 17.5 Å². The maximum Gasteiger partial charge on any atom is 0.522 e. The average Bonchev–Trinajstić information content (AvgIpc) is 3.18. The molecule has 1 aliphatic rings. The van der Waals surface area contributed by atoms with Crippen molar-refractivity contribution in [1.82, 2.24) is 10.3 Å². The quantitative estimate of drug-likeness (QED) is 0.794. The summed E-state index contributed by atoms with van der Waals surface area (Å²) in [6.45, 7) is -0.895. The lowest BCUT2D eigenvalue weighted by Gasteiger charge is -2.13. The molecule has 1 heterocycles. The Morgan fingerprint density at radius 2 is 2.07 bits per heavy atom. The van der Waals surface area contributed by atoms with Gasteiger partial charge in [-0.25, -0.2) is 0 Å². The molecule has 1 aliphatic carbocycles. The van der Waals surface area contributed by atoms with Crippen molar-refractivity contribution in [2.75, 3.05) is 6.54 Å². The predicted octanol–water partition coefficient (Wildman–Crippen LogP) is 3.51. The maximum absolute atomic E-state index is 12.6. The van der Waals surface area contributed by atoms with Crippen LogP contribution in [0.15, 0.2) is 30.5 Å². The number of ether oxygens (including phenoxy) is 1. The number of fused-ring (bicyclic) bond motifs is 1. The number of nitrogens with one attached hydrogen (secondary N) is 1. The number of pyridine rings is 1. The maximum atomic E-state index is 12.6. The number of hydrogen-bond acceptors (Lipinski definition) is 5. The summed E-state index contributed by atoms with van der Waals surface area (Å²) in [6.07, 6.45) is -1.23. The molecule has 0 aliphatic heterocycles. The number of halogens is 3. The van der Waals surface area contributed by atoms with Crippen molar-refractivity contribution < 1.29 is 27.5 Å². The first-order chi connectivity index (χ1) is 13.8. The third-order valence-electron chi connectivity index (χ3n) is 4.97. The van der Waals surface area contributed by atoms with Gasteiger partial charge in [0.1, 0.15) is 0 Å². The topological polar surface area (TPSA) is 92.1 Å². The molecule has 0 radical (unpaired) electrons. The highest BCUT2D eigenvalue weighted by Crippen LogP contribution is 2.31. The van der Waals surface area contributed by atoms with Gasteiger partial charge in [-0.3, -0.25) is 19.3 Å². The second-order valence-corrected chi connectivity index (χ2v) is 6.87. The summed E-state index contributed by atoms with van der Waals surface area (Å²) in [5.74, 6) is -1.43. The molecular weight excluding hydrogens is 387 g/mol. The lowest BCUT2D eigenvalue weighted by atomic mass is 9.93. The monoisotopic (exact) mass is 405 g/mol. The normalized spacial score (nSPS) is 19.1. The summed E-state index contributed by atoms with van der Waals surface area (Å²) in [6, 6.07) is 7.92. The predicted molar refractivity (Wildman–Crippen MR) is 96.4 cm³/mol. The molecule has 9 heteroatoms. The summed E-state index contributed by atoms with van der Waals surface area (Å²) in [4.78, 5) is 29.0. The highest BCUT2D eigenvalue weighted by Gasteiger charge is 2.33. The zero-order valence-corrected chi connectivity index (χ0v) is 15.3. The van der Waals surface area contributed by atoms with Crippen LogP contribution in [0.4, 0.5) is 13.2 Å². The minimum atomic E-state index is -4.76. The van der Waals surface area contributed by atoms with Crippen molar-refractivity contribution in [3.8, 4) is 6.07 Å². The lowest BCUT2D eigenvalue weighted by Crippen LogP contribution is -2.34. The lowest BCUT2D eigenvalue weighted by molar-refractivity contribution is -0.330. The van der Waals surface area contributed by atoms with E-state index in [-0.39, 0.29) is 35.3 Å². The zero-order chi connectivity index (χ0) is 21.0. The number of nitrogens with zero attached hydrogens (tertiary/aromatic N) is 2. The van der Waals surface area contributed by atoms with E-state index in [1.165, 1.54) is 30.5 Å². The van der Waals surface area contributed by atoms with Crippen LogP contribution in [0.3, 0.4) is 0 Å². The number of nitriles is 1. The number of rotatable bonds is 6. The zero-order valence-electron chi connectivity index (χ0n) is 15.3. The van der Waals surface area contributed by atoms with Gasteiger partial charge in [-0.1, -0.05) is 12.5 Å². The van der Waals surface area contributed by atoms with Gasteiger partial charge in [0.15, 0.2) is 5.78 Å². The number of ketones is 1. The Kier molecular flexibility index (Phi) is 6.13. The molecule has 1 aromatic heterocycles. The molecule has 0 bridgehead atoms. The first-order valence-electron chi connectivity index (χ1n) is 9.07. The molecule has 2 aromatic rings. The van der Waals surface area contributed by atoms with Crippen molar-refractivity contribution >= 4 is 22.6 Å². The number of aromatic nitrogens is 1. The van der Waals surface area contributed by atoms with Gasteiger partial charge in [-0.05, 0) is 36.6 Å². The molecule has 152 valence electrons. The number of amides is 1. The average molecular weight is 405 g/mol. The van der Waals surface area contributed by atoms with Crippen LogP contribution < -0.4 is 5.32 Å². The second-order valence-electron chi connectivity index (χ2n) is 6.87. The number of carbonyl (C=O) groups is 2. The smallest absolute Gasteiger partial charge is 0.345 e. The Morgan fingerprint density at radius 3 is 2.79 bits per heavy atom. The Labute approximate surface area is 164 Å². The van der Waals surface area contributed by atoms with Crippen molar-refractivity contribution in [2.45, 2.75) is 32.2 Å². The van der Waals surface area contributed by atoms with E-state index in [9.17, 15) is 22.8 Å². The molecule has 1 N–H and O–H groups in total. The van der Waals surface area contributed by atoms with Crippen molar-refractivity contribution in [1.29, 1.82) is 5.26 Å². The van der Waals surface area contributed by atoms with E-state index in [2.05, 4.69) is 21.1 Å². The van der Waals surface area contributed by atoms with Crippen LogP contribution in [-0.2, 0) is 16.1 Å². The fourth-order valence-corrected chi connectivity index (χ4v) is 3.54. The first kappa shape index (κ1) is 20.7. The Bertz CT molecular complexity index is 969. The summed E-state index contributed by atoms with van der Waals surface area (Å²) in [7, 11) is 0. The van der Waals surface area contributed by atoms with Gasteiger partial charge in [0.2, 0.25) is 0 Å². The fourth-order valence-electron chi connectivity index (χ4n) is 3.54. The van der Waals surface area contributed by atoms with Gasteiger partial charge in [0.05, 0.1) is 36.2 Å². The van der Waals surface area contributed by atoms with E-state index in [0.717, 1.165) is 6.42 Å². The number of hydrogen-bond donors (Lipinski definition) is 1. The third kappa shape index (κ3) is 5.09. The molecule has 1 aromatic carbocycles. The largest absolute Gasteiger partial charge is 0.522 e. The molecule has 29 heavy (non-hydrogen) atoms. The van der Waals surface area contributed by atoms with Gasteiger partial charge in [0.25, 0.3) is 5.91 Å². The van der Waals surface area contributed by atoms with Crippen LogP contribution in [0.2, 0.25) is 0 Å². The molecule has 1 fully saturated rings. The van der Waals surface area contributed by atoms with E-state index in [1.54, 1.807) is 0 Å². The SMILES string of the molecule is N#C[C@@H]1CCCC1C(=O)CNC(=O)c1ccnc2ccc(COC(F)(F)F)cc12. The van der Waals surface area contributed by atoms with Crippen LogP contribution in [-0.4, -0.2) is 29.6 Å². The van der Waals surface area contributed by atoms with E-state index in [0.29, 0.717) is 23.7 Å². The Balaban J connectivity index is 1.73. The van der Waals surface area contributed by atoms with Crippen molar-refractivity contribution in [2.24, 2.45) is 11.8 Å². The van der Waals surface area contributed by atoms with Crippen LogP contribution in [0.25, 0.3) is 10.9 Å². The van der Waals surface area contributed by atoms with Gasteiger partial charge < -0.3 is 5.32 Å². The van der Waals surface area contributed by atoms with Crippen molar-refractivity contribution in [3.05, 3.63) is 41.6 Å². The fraction of sp³-hybridized carbons (Fsp3) is 0.400. The minimum Gasteiger partial charge on any atom is -0.345 e. The summed E-state index contributed by atoms with van der Waals surface area (Å²) >= 11 is 0. The molecule has 1 unspecified atom stereocenters. The number of benzene rings is 1. The van der Waals surface area contributed by atoms with Gasteiger partial charge >= 0.3 is 6.36 Å². The molecule has 0 spiro atoms. The molecule has 2 atom stereocenters. The van der Waals surface area contributed by atoms with Crippen LogP contribution in [0.5, 0.6) is 0 Å². The highest BCUT2D eigenvalue weighted by atomic mass is 19.4. The van der Waals surface area contributed by atoms with Crippen LogP contribution >= 0.6 is 0 Å². The molecular formula is C20H18F3N3O3. The van der Waals surface area contributed by atoms with Gasteiger partial charge in [-0.15, -0.1) is 13.2 Å². The molecule has 6 nitrogen and oxygen atoms in total. The summed E-state index contributed by atoms with van der Waals surface area (Å²) < 4.78 is 40.6. The standard InChI is InChI=1S/C20H18F3N3O3/c21-20(22,23)29-11-12-4-5-17-16(8-12)15(6-7-25-17)19(28)26-10-18(27)14-3-1-2-13(14)9-24/h4-8,13-14H,1-3,10-11H2,(H,26,28)/t13-,14?/m0/s1. The van der Waals surface area contributed by atoms with E-state index in [4.69, 9.17) is 5.26 Å². The van der Waals surface area contributed by atoms with Gasteiger partial charge in [-0.2, -0.15) is 5.26 Å². The number of Topliss-reactive ketones (excluding diaryl/α,β-unsaturated/α-hetero) is 1. The molecule has 3 rings (SSSR count). The van der Waals surface area contributed by atoms with E-state index >= 15 is 0 Å². The molecule has 1 amide bonds. The number of carbonyl (C=O) groups excluding carboxylic acids is 2. The third-order valence-corrected chi connectivity index (χ3v) is 4.97. The molecule has 1 saturated carbocycles. The minimum absolute atomic E-state index is 0.194. The first-order valence-corrected chi connectivity index (χ1v) is 9.07.